The van der Waals surface area contributed by atoms with E-state index >= 15 is 0 Å². The summed E-state index contributed by atoms with van der Waals surface area (Å²) in [7, 11) is 0. The van der Waals surface area contributed by atoms with Crippen molar-refractivity contribution in [2.24, 2.45) is 23.5 Å². The molecule has 3 unspecified atom stereocenters. The van der Waals surface area contributed by atoms with Crippen LogP contribution in [0.4, 0.5) is 4.39 Å². The molecule has 1 saturated carbocycles. The minimum atomic E-state index is -0.109. The Kier molecular flexibility index (Phi) is 5.02. The summed E-state index contributed by atoms with van der Waals surface area (Å²) in [5.74, 6) is 1.73. The van der Waals surface area contributed by atoms with Gasteiger partial charge < -0.3 is 5.73 Å². The first-order valence-corrected chi connectivity index (χ1v) is 7.96. The third kappa shape index (κ3) is 3.79. The standard InChI is InChI=1S/C16H23BrFN/c1-10(2)11-3-6-16(19)13(7-11)8-12-9-14(17)4-5-15(12)18/h4-5,9-11,13,16H,3,6-8,19H2,1-2H3. The van der Waals surface area contributed by atoms with Crippen LogP contribution in [0.2, 0.25) is 0 Å². The van der Waals surface area contributed by atoms with E-state index in [0.717, 1.165) is 35.2 Å². The zero-order valence-electron chi connectivity index (χ0n) is 11.7. The van der Waals surface area contributed by atoms with E-state index in [9.17, 15) is 4.39 Å². The second-order valence-corrected chi connectivity index (χ2v) is 7.10. The van der Waals surface area contributed by atoms with E-state index in [2.05, 4.69) is 29.8 Å². The van der Waals surface area contributed by atoms with E-state index in [0.29, 0.717) is 11.8 Å². The van der Waals surface area contributed by atoms with Crippen LogP contribution in [0.5, 0.6) is 0 Å². The maximum Gasteiger partial charge on any atom is 0.126 e. The second-order valence-electron chi connectivity index (χ2n) is 6.18. The molecule has 1 fully saturated rings. The fourth-order valence-corrected chi connectivity index (χ4v) is 3.55. The van der Waals surface area contributed by atoms with Gasteiger partial charge in [-0.05, 0) is 67.2 Å². The summed E-state index contributed by atoms with van der Waals surface area (Å²) in [5, 5.41) is 0. The molecule has 0 aliphatic heterocycles. The monoisotopic (exact) mass is 327 g/mol. The normalized spacial score (nSPS) is 27.8. The zero-order chi connectivity index (χ0) is 14.0. The molecule has 0 heterocycles. The number of rotatable bonds is 3. The van der Waals surface area contributed by atoms with Gasteiger partial charge in [-0.1, -0.05) is 29.8 Å². The average Bonchev–Trinajstić information content (AvgIpc) is 2.36. The van der Waals surface area contributed by atoms with Crippen LogP contribution >= 0.6 is 15.9 Å². The molecule has 0 aromatic heterocycles. The molecule has 19 heavy (non-hydrogen) atoms. The summed E-state index contributed by atoms with van der Waals surface area (Å²) in [5.41, 5.74) is 7.03. The molecule has 2 rings (SSSR count). The number of nitrogens with two attached hydrogens (primary N) is 1. The molecular weight excluding hydrogens is 305 g/mol. The van der Waals surface area contributed by atoms with Gasteiger partial charge in [-0.15, -0.1) is 0 Å². The number of halogens is 2. The Morgan fingerprint density at radius 3 is 2.79 bits per heavy atom. The lowest BCUT2D eigenvalue weighted by Crippen LogP contribution is -2.38. The fourth-order valence-electron chi connectivity index (χ4n) is 3.15. The lowest BCUT2D eigenvalue weighted by atomic mass is 9.72. The van der Waals surface area contributed by atoms with Gasteiger partial charge in [-0.3, -0.25) is 0 Å². The number of hydrogen-bond acceptors (Lipinski definition) is 1. The van der Waals surface area contributed by atoms with Crippen molar-refractivity contribution >= 4 is 15.9 Å². The van der Waals surface area contributed by atoms with Gasteiger partial charge in [0.25, 0.3) is 0 Å². The maximum atomic E-state index is 13.8. The van der Waals surface area contributed by atoms with Crippen molar-refractivity contribution in [3.8, 4) is 0 Å². The summed E-state index contributed by atoms with van der Waals surface area (Å²) in [6, 6.07) is 5.39. The first kappa shape index (κ1) is 15.0. The van der Waals surface area contributed by atoms with Crippen LogP contribution in [-0.4, -0.2) is 6.04 Å². The lowest BCUT2D eigenvalue weighted by molar-refractivity contribution is 0.188. The van der Waals surface area contributed by atoms with Crippen molar-refractivity contribution in [2.75, 3.05) is 0 Å². The molecule has 1 aliphatic carbocycles. The molecule has 0 saturated heterocycles. The Balaban J connectivity index is 2.09. The van der Waals surface area contributed by atoms with Gasteiger partial charge in [0.15, 0.2) is 0 Å². The molecule has 3 atom stereocenters. The van der Waals surface area contributed by atoms with Crippen LogP contribution < -0.4 is 5.73 Å². The van der Waals surface area contributed by atoms with Crippen LogP contribution in [0.1, 0.15) is 38.7 Å². The second kappa shape index (κ2) is 6.36. The Morgan fingerprint density at radius 1 is 1.37 bits per heavy atom. The highest BCUT2D eigenvalue weighted by molar-refractivity contribution is 9.10. The topological polar surface area (TPSA) is 26.0 Å². The predicted octanol–water partition coefficient (Wildman–Crippen LogP) is 4.53. The molecule has 1 aliphatic rings. The summed E-state index contributed by atoms with van der Waals surface area (Å²) < 4.78 is 14.8. The van der Waals surface area contributed by atoms with Crippen LogP contribution in [0.25, 0.3) is 0 Å². The van der Waals surface area contributed by atoms with E-state index in [1.807, 2.05) is 6.07 Å². The minimum absolute atomic E-state index is 0.109. The van der Waals surface area contributed by atoms with Gasteiger partial charge in [0.1, 0.15) is 5.82 Å². The molecule has 0 bridgehead atoms. The molecule has 2 N–H and O–H groups in total. The average molecular weight is 328 g/mol. The van der Waals surface area contributed by atoms with Crippen molar-refractivity contribution < 1.29 is 4.39 Å². The SMILES string of the molecule is CC(C)C1CCC(N)C(Cc2cc(Br)ccc2F)C1. The van der Waals surface area contributed by atoms with Crippen molar-refractivity contribution in [1.82, 2.24) is 0 Å². The summed E-state index contributed by atoms with van der Waals surface area (Å²) in [4.78, 5) is 0. The van der Waals surface area contributed by atoms with Crippen LogP contribution in [0, 0.1) is 23.6 Å². The lowest BCUT2D eigenvalue weighted by Gasteiger charge is -2.36. The number of benzene rings is 1. The van der Waals surface area contributed by atoms with Crippen molar-refractivity contribution in [2.45, 2.75) is 45.6 Å². The fraction of sp³-hybridized carbons (Fsp3) is 0.625. The van der Waals surface area contributed by atoms with Crippen LogP contribution in [0.15, 0.2) is 22.7 Å². The largest absolute Gasteiger partial charge is 0.327 e. The van der Waals surface area contributed by atoms with Gasteiger partial charge in [0.2, 0.25) is 0 Å². The van der Waals surface area contributed by atoms with Gasteiger partial charge in [0.05, 0.1) is 0 Å². The Hall–Kier alpha value is -0.410. The van der Waals surface area contributed by atoms with E-state index in [-0.39, 0.29) is 11.9 Å². The molecule has 0 spiro atoms. The Labute approximate surface area is 123 Å². The maximum absolute atomic E-state index is 13.8. The van der Waals surface area contributed by atoms with E-state index in [1.54, 1.807) is 6.07 Å². The smallest absolute Gasteiger partial charge is 0.126 e. The summed E-state index contributed by atoms with van der Waals surface area (Å²) >= 11 is 3.41. The van der Waals surface area contributed by atoms with E-state index < -0.39 is 0 Å². The molecule has 0 radical (unpaired) electrons. The zero-order valence-corrected chi connectivity index (χ0v) is 13.3. The molecule has 0 amide bonds. The van der Waals surface area contributed by atoms with Gasteiger partial charge in [0, 0.05) is 10.5 Å². The minimum Gasteiger partial charge on any atom is -0.327 e. The van der Waals surface area contributed by atoms with E-state index in [4.69, 9.17) is 5.73 Å². The Bertz CT molecular complexity index is 433. The Morgan fingerprint density at radius 2 is 2.11 bits per heavy atom. The van der Waals surface area contributed by atoms with Crippen LogP contribution in [0.3, 0.4) is 0 Å². The summed E-state index contributed by atoms with van der Waals surface area (Å²) in [6.07, 6.45) is 4.18. The molecule has 1 nitrogen and oxygen atoms in total. The molecule has 1 aromatic carbocycles. The molecular formula is C16H23BrFN. The number of hydrogen-bond donors (Lipinski definition) is 1. The van der Waals surface area contributed by atoms with Gasteiger partial charge in [-0.2, -0.15) is 0 Å². The molecule has 1 aromatic rings. The highest BCUT2D eigenvalue weighted by Crippen LogP contribution is 2.35. The van der Waals surface area contributed by atoms with Crippen molar-refractivity contribution in [3.63, 3.8) is 0 Å². The first-order chi connectivity index (χ1) is 8.97. The van der Waals surface area contributed by atoms with Crippen LogP contribution in [-0.2, 0) is 6.42 Å². The molecule has 3 heteroatoms. The third-order valence-corrected chi connectivity index (χ3v) is 5.01. The quantitative estimate of drug-likeness (QED) is 0.867. The predicted molar refractivity (Wildman–Crippen MR) is 81.4 cm³/mol. The summed E-state index contributed by atoms with van der Waals surface area (Å²) in [6.45, 7) is 4.55. The van der Waals surface area contributed by atoms with Crippen molar-refractivity contribution in [3.05, 3.63) is 34.1 Å². The highest BCUT2D eigenvalue weighted by Gasteiger charge is 2.30. The highest BCUT2D eigenvalue weighted by atomic mass is 79.9. The first-order valence-electron chi connectivity index (χ1n) is 7.17. The van der Waals surface area contributed by atoms with Gasteiger partial charge >= 0.3 is 0 Å². The third-order valence-electron chi connectivity index (χ3n) is 4.51. The molecule has 106 valence electrons. The van der Waals surface area contributed by atoms with E-state index in [1.165, 1.54) is 12.5 Å². The van der Waals surface area contributed by atoms with Gasteiger partial charge in [-0.25, -0.2) is 4.39 Å². The van der Waals surface area contributed by atoms with Crippen molar-refractivity contribution in [1.29, 1.82) is 0 Å².